The number of hydrogen-bond acceptors (Lipinski definition) is 3. The molecule has 0 atom stereocenters. The molecule has 96 valence electrons. The largest absolute Gasteiger partial charge is 0.454 e. The van der Waals surface area contributed by atoms with Crippen molar-refractivity contribution >= 4 is 11.6 Å². The number of benzene rings is 2. The summed E-state index contributed by atoms with van der Waals surface area (Å²) in [6.45, 7) is 0.165. The van der Waals surface area contributed by atoms with Crippen molar-refractivity contribution in [2.75, 3.05) is 12.1 Å². The second kappa shape index (κ2) is 4.61. The molecule has 3 rings (SSSR count). The molecule has 0 unspecified atom stereocenters. The van der Waals surface area contributed by atoms with E-state index in [9.17, 15) is 9.18 Å². The number of anilines is 1. The van der Waals surface area contributed by atoms with Crippen LogP contribution in [0, 0.1) is 5.82 Å². The average molecular weight is 259 g/mol. The van der Waals surface area contributed by atoms with E-state index < -0.39 is 0 Å². The lowest BCUT2D eigenvalue weighted by atomic mass is 10.2. The van der Waals surface area contributed by atoms with Gasteiger partial charge >= 0.3 is 0 Å². The van der Waals surface area contributed by atoms with E-state index in [1.54, 1.807) is 18.2 Å². The van der Waals surface area contributed by atoms with Crippen LogP contribution >= 0.6 is 0 Å². The first-order valence-electron chi connectivity index (χ1n) is 5.69. The standard InChI is InChI=1S/C14H10FNO3/c15-10-2-4-11(5-3-10)16-14(17)9-1-6-12-13(7-9)19-8-18-12/h1-7H,8H2,(H,16,17). The lowest BCUT2D eigenvalue weighted by Crippen LogP contribution is -2.11. The Kier molecular flexibility index (Phi) is 2.79. The quantitative estimate of drug-likeness (QED) is 0.902. The lowest BCUT2D eigenvalue weighted by Gasteiger charge is -2.05. The second-order valence-electron chi connectivity index (χ2n) is 4.03. The molecule has 1 N–H and O–H groups in total. The second-order valence-corrected chi connectivity index (χ2v) is 4.03. The highest BCUT2D eigenvalue weighted by Crippen LogP contribution is 2.32. The van der Waals surface area contributed by atoms with Gasteiger partial charge in [0, 0.05) is 11.3 Å². The van der Waals surface area contributed by atoms with E-state index in [0.29, 0.717) is 22.7 Å². The molecule has 1 amide bonds. The topological polar surface area (TPSA) is 47.6 Å². The molecule has 0 aromatic heterocycles. The highest BCUT2D eigenvalue weighted by molar-refractivity contribution is 6.04. The first kappa shape index (κ1) is 11.5. The average Bonchev–Trinajstić information content (AvgIpc) is 2.88. The highest BCUT2D eigenvalue weighted by atomic mass is 19.1. The van der Waals surface area contributed by atoms with Crippen LogP contribution in [-0.4, -0.2) is 12.7 Å². The van der Waals surface area contributed by atoms with Crippen molar-refractivity contribution in [3.8, 4) is 11.5 Å². The van der Waals surface area contributed by atoms with Crippen LogP contribution in [0.1, 0.15) is 10.4 Å². The molecule has 0 saturated carbocycles. The number of ether oxygens (including phenoxy) is 2. The summed E-state index contributed by atoms with van der Waals surface area (Å²) in [5.74, 6) is 0.538. The van der Waals surface area contributed by atoms with Gasteiger partial charge in [-0.25, -0.2) is 4.39 Å². The van der Waals surface area contributed by atoms with E-state index in [4.69, 9.17) is 9.47 Å². The molecule has 0 aliphatic carbocycles. The third-order valence-corrected chi connectivity index (χ3v) is 2.74. The molecule has 5 heteroatoms. The molecule has 19 heavy (non-hydrogen) atoms. The number of carbonyl (C=O) groups is 1. The van der Waals surface area contributed by atoms with E-state index in [0.717, 1.165) is 0 Å². The van der Waals surface area contributed by atoms with E-state index in [-0.39, 0.29) is 18.5 Å². The van der Waals surface area contributed by atoms with Gasteiger partial charge in [-0.3, -0.25) is 4.79 Å². The maximum atomic E-state index is 12.8. The minimum Gasteiger partial charge on any atom is -0.454 e. The van der Waals surface area contributed by atoms with E-state index >= 15 is 0 Å². The smallest absolute Gasteiger partial charge is 0.255 e. The van der Waals surface area contributed by atoms with Crippen molar-refractivity contribution in [1.29, 1.82) is 0 Å². The first-order valence-corrected chi connectivity index (χ1v) is 5.69. The molecular weight excluding hydrogens is 249 g/mol. The molecular formula is C14H10FNO3. The van der Waals surface area contributed by atoms with Gasteiger partial charge in [0.15, 0.2) is 11.5 Å². The van der Waals surface area contributed by atoms with Gasteiger partial charge in [-0.2, -0.15) is 0 Å². The summed E-state index contributed by atoms with van der Waals surface area (Å²) in [4.78, 5) is 12.0. The van der Waals surface area contributed by atoms with Crippen molar-refractivity contribution in [2.24, 2.45) is 0 Å². The number of halogens is 1. The van der Waals surface area contributed by atoms with Crippen LogP contribution in [0.25, 0.3) is 0 Å². The Morgan fingerprint density at radius 2 is 1.79 bits per heavy atom. The van der Waals surface area contributed by atoms with Crippen molar-refractivity contribution < 1.29 is 18.7 Å². The van der Waals surface area contributed by atoms with Gasteiger partial charge in [0.1, 0.15) is 5.82 Å². The molecule has 1 heterocycles. The number of rotatable bonds is 2. The van der Waals surface area contributed by atoms with Gasteiger partial charge < -0.3 is 14.8 Å². The molecule has 0 fully saturated rings. The zero-order valence-electron chi connectivity index (χ0n) is 9.85. The number of carbonyl (C=O) groups excluding carboxylic acids is 1. The Morgan fingerprint density at radius 3 is 2.58 bits per heavy atom. The van der Waals surface area contributed by atoms with Gasteiger partial charge in [-0.15, -0.1) is 0 Å². The Labute approximate surface area is 108 Å². The van der Waals surface area contributed by atoms with Crippen LogP contribution < -0.4 is 14.8 Å². The summed E-state index contributed by atoms with van der Waals surface area (Å²) in [7, 11) is 0. The highest BCUT2D eigenvalue weighted by Gasteiger charge is 2.16. The number of nitrogens with one attached hydrogen (secondary N) is 1. The van der Waals surface area contributed by atoms with E-state index in [2.05, 4.69) is 5.32 Å². The minimum atomic E-state index is -0.346. The fourth-order valence-corrected chi connectivity index (χ4v) is 1.77. The van der Waals surface area contributed by atoms with Crippen LogP contribution in [0.5, 0.6) is 11.5 Å². The van der Waals surface area contributed by atoms with Crippen LogP contribution in [0.15, 0.2) is 42.5 Å². The molecule has 1 aliphatic rings. The predicted molar refractivity (Wildman–Crippen MR) is 66.9 cm³/mol. The molecule has 4 nitrogen and oxygen atoms in total. The lowest BCUT2D eigenvalue weighted by molar-refractivity contribution is 0.102. The summed E-state index contributed by atoms with van der Waals surface area (Å²) in [5.41, 5.74) is 0.984. The van der Waals surface area contributed by atoms with E-state index in [1.165, 1.54) is 24.3 Å². The SMILES string of the molecule is O=C(Nc1ccc(F)cc1)c1ccc2c(c1)OCO2. The van der Waals surface area contributed by atoms with Crippen LogP contribution in [0.2, 0.25) is 0 Å². The van der Waals surface area contributed by atoms with Crippen LogP contribution in [0.4, 0.5) is 10.1 Å². The molecule has 2 aromatic carbocycles. The van der Waals surface area contributed by atoms with Crippen LogP contribution in [0.3, 0.4) is 0 Å². The Balaban J connectivity index is 1.78. The Bertz CT molecular complexity index is 625. The zero-order chi connectivity index (χ0) is 13.2. The van der Waals surface area contributed by atoms with Crippen molar-refractivity contribution in [2.45, 2.75) is 0 Å². The van der Waals surface area contributed by atoms with Gasteiger partial charge in [0.2, 0.25) is 6.79 Å². The summed E-state index contributed by atoms with van der Waals surface area (Å²) in [6.07, 6.45) is 0. The number of hydrogen-bond donors (Lipinski definition) is 1. The summed E-state index contributed by atoms with van der Waals surface area (Å²) in [6, 6.07) is 10.5. The van der Waals surface area contributed by atoms with Crippen molar-refractivity contribution in [3.63, 3.8) is 0 Å². The van der Waals surface area contributed by atoms with Crippen molar-refractivity contribution in [3.05, 3.63) is 53.8 Å². The number of fused-ring (bicyclic) bond motifs is 1. The third kappa shape index (κ3) is 2.35. The van der Waals surface area contributed by atoms with Crippen molar-refractivity contribution in [1.82, 2.24) is 0 Å². The Hall–Kier alpha value is -2.56. The van der Waals surface area contributed by atoms with Crippen LogP contribution in [-0.2, 0) is 0 Å². The fraction of sp³-hybridized carbons (Fsp3) is 0.0714. The Morgan fingerprint density at radius 1 is 1.05 bits per heavy atom. The summed E-state index contributed by atoms with van der Waals surface area (Å²) >= 11 is 0. The fourth-order valence-electron chi connectivity index (χ4n) is 1.77. The molecule has 2 aromatic rings. The minimum absolute atomic E-state index is 0.165. The molecule has 0 radical (unpaired) electrons. The number of amides is 1. The molecule has 0 spiro atoms. The molecule has 0 saturated heterocycles. The predicted octanol–water partition coefficient (Wildman–Crippen LogP) is 2.81. The monoisotopic (exact) mass is 259 g/mol. The normalized spacial score (nSPS) is 12.3. The molecule has 1 aliphatic heterocycles. The summed E-state index contributed by atoms with van der Waals surface area (Å²) < 4.78 is 23.1. The van der Waals surface area contributed by atoms with E-state index in [1.807, 2.05) is 0 Å². The van der Waals surface area contributed by atoms with Gasteiger partial charge in [-0.1, -0.05) is 0 Å². The maximum absolute atomic E-state index is 12.8. The zero-order valence-corrected chi connectivity index (χ0v) is 9.85. The van der Waals surface area contributed by atoms with Gasteiger partial charge in [0.25, 0.3) is 5.91 Å². The third-order valence-electron chi connectivity index (χ3n) is 2.74. The maximum Gasteiger partial charge on any atom is 0.255 e. The first-order chi connectivity index (χ1) is 9.22. The van der Waals surface area contributed by atoms with Gasteiger partial charge in [0.05, 0.1) is 0 Å². The van der Waals surface area contributed by atoms with Gasteiger partial charge in [-0.05, 0) is 42.5 Å². The molecule has 0 bridgehead atoms. The summed E-state index contributed by atoms with van der Waals surface area (Å²) in [5, 5.41) is 2.67.